The number of nitrogen functional groups attached to an aromatic ring is 1. The number of aryl methyl sites for hydroxylation is 1. The Kier molecular flexibility index (Phi) is 3.49. The summed E-state index contributed by atoms with van der Waals surface area (Å²) in [5.74, 6) is 0.504. The minimum absolute atomic E-state index is 0.424. The maximum absolute atomic E-state index is 9.04. The molecule has 1 aromatic heterocycles. The Morgan fingerprint density at radius 2 is 2.11 bits per heavy atom. The van der Waals surface area contributed by atoms with E-state index >= 15 is 0 Å². The molecule has 0 aliphatic heterocycles. The fraction of sp³-hybridized carbons (Fsp3) is 0.0769. The number of aromatic nitrogens is 1. The number of rotatable bonds is 2. The molecule has 0 aliphatic rings. The zero-order valence-electron chi connectivity index (χ0n) is 9.74. The van der Waals surface area contributed by atoms with E-state index in [9.17, 15) is 0 Å². The van der Waals surface area contributed by atoms with Gasteiger partial charge in [-0.3, -0.25) is 0 Å². The van der Waals surface area contributed by atoms with Gasteiger partial charge in [0.1, 0.15) is 11.9 Å². The highest BCUT2D eigenvalue weighted by atomic mass is 79.9. The Hall–Kier alpha value is -2.06. The van der Waals surface area contributed by atoms with Gasteiger partial charge >= 0.3 is 0 Å². The van der Waals surface area contributed by atoms with Crippen molar-refractivity contribution in [2.75, 3.05) is 11.1 Å². The molecule has 3 N–H and O–H groups in total. The van der Waals surface area contributed by atoms with Crippen molar-refractivity contribution in [3.8, 4) is 6.07 Å². The van der Waals surface area contributed by atoms with Crippen LogP contribution < -0.4 is 11.1 Å². The highest BCUT2D eigenvalue weighted by Gasteiger charge is 2.05. The van der Waals surface area contributed by atoms with Crippen molar-refractivity contribution in [2.45, 2.75) is 6.92 Å². The number of pyridine rings is 1. The van der Waals surface area contributed by atoms with Crippen molar-refractivity contribution in [2.24, 2.45) is 0 Å². The lowest BCUT2D eigenvalue weighted by molar-refractivity contribution is 1.28. The minimum Gasteiger partial charge on any atom is -0.397 e. The Morgan fingerprint density at radius 1 is 1.33 bits per heavy atom. The van der Waals surface area contributed by atoms with Crippen LogP contribution in [0.25, 0.3) is 0 Å². The van der Waals surface area contributed by atoms with Crippen molar-refractivity contribution in [3.05, 3.63) is 46.1 Å². The summed E-state index contributed by atoms with van der Waals surface area (Å²) in [6.45, 7) is 2.00. The van der Waals surface area contributed by atoms with Crippen molar-refractivity contribution in [1.82, 2.24) is 4.98 Å². The van der Waals surface area contributed by atoms with Gasteiger partial charge in [0.2, 0.25) is 0 Å². The molecule has 0 fully saturated rings. The van der Waals surface area contributed by atoms with Crippen molar-refractivity contribution in [1.29, 1.82) is 5.26 Å². The molecular weight excluding hydrogens is 292 g/mol. The molecule has 2 aromatic rings. The summed E-state index contributed by atoms with van der Waals surface area (Å²) in [7, 11) is 0. The number of anilines is 3. The lowest BCUT2D eigenvalue weighted by Crippen LogP contribution is -1.99. The first-order valence-electron chi connectivity index (χ1n) is 5.28. The van der Waals surface area contributed by atoms with Crippen molar-refractivity contribution < 1.29 is 0 Å². The molecule has 2 rings (SSSR count). The van der Waals surface area contributed by atoms with E-state index in [1.165, 1.54) is 6.20 Å². The Labute approximate surface area is 114 Å². The fourth-order valence-corrected chi connectivity index (χ4v) is 2.22. The summed E-state index contributed by atoms with van der Waals surface area (Å²) in [4.78, 5) is 4.13. The van der Waals surface area contributed by atoms with E-state index < -0.39 is 0 Å². The predicted octanol–water partition coefficient (Wildman–Crippen LogP) is 3.35. The molecule has 0 spiro atoms. The molecule has 0 unspecified atom stereocenters. The first-order chi connectivity index (χ1) is 8.58. The van der Waals surface area contributed by atoms with Gasteiger partial charge in [-0.15, -0.1) is 0 Å². The molecule has 5 heteroatoms. The third-order valence-electron chi connectivity index (χ3n) is 2.33. The highest BCUT2D eigenvalue weighted by Crippen LogP contribution is 2.24. The number of hydrogen-bond donors (Lipinski definition) is 2. The topological polar surface area (TPSA) is 74.7 Å². The molecule has 18 heavy (non-hydrogen) atoms. The van der Waals surface area contributed by atoms with E-state index in [1.54, 1.807) is 6.07 Å². The van der Waals surface area contributed by atoms with Gasteiger partial charge in [0, 0.05) is 10.2 Å². The van der Waals surface area contributed by atoms with Crippen LogP contribution in [-0.4, -0.2) is 4.98 Å². The van der Waals surface area contributed by atoms with E-state index in [1.807, 2.05) is 25.1 Å². The van der Waals surface area contributed by atoms with Gasteiger partial charge in [-0.25, -0.2) is 4.98 Å². The van der Waals surface area contributed by atoms with Gasteiger partial charge in [0.05, 0.1) is 17.4 Å². The van der Waals surface area contributed by atoms with E-state index in [-0.39, 0.29) is 0 Å². The number of nitriles is 1. The second-order valence-corrected chi connectivity index (χ2v) is 4.83. The number of nitrogens with two attached hydrogens (primary N) is 1. The summed E-state index contributed by atoms with van der Waals surface area (Å²) in [5, 5.41) is 12.1. The second-order valence-electron chi connectivity index (χ2n) is 3.92. The number of halogens is 1. The third-order valence-corrected chi connectivity index (χ3v) is 2.79. The average molecular weight is 303 g/mol. The molecule has 0 bridgehead atoms. The number of nitrogens with zero attached hydrogens (tertiary/aromatic N) is 2. The molecule has 1 heterocycles. The van der Waals surface area contributed by atoms with Gasteiger partial charge in [-0.2, -0.15) is 5.26 Å². The maximum Gasteiger partial charge on any atom is 0.148 e. The zero-order valence-corrected chi connectivity index (χ0v) is 11.3. The molecule has 0 saturated carbocycles. The quantitative estimate of drug-likeness (QED) is 0.892. The molecule has 0 aliphatic carbocycles. The van der Waals surface area contributed by atoms with Gasteiger partial charge in [-0.1, -0.05) is 15.9 Å². The summed E-state index contributed by atoms with van der Waals surface area (Å²) in [6, 6.07) is 9.57. The summed E-state index contributed by atoms with van der Waals surface area (Å²) >= 11 is 3.43. The van der Waals surface area contributed by atoms with Crippen LogP contribution in [0.3, 0.4) is 0 Å². The van der Waals surface area contributed by atoms with Crippen LogP contribution in [-0.2, 0) is 0 Å². The van der Waals surface area contributed by atoms with E-state index in [0.717, 1.165) is 15.7 Å². The monoisotopic (exact) mass is 302 g/mol. The van der Waals surface area contributed by atoms with Gasteiger partial charge < -0.3 is 11.1 Å². The Morgan fingerprint density at radius 3 is 2.78 bits per heavy atom. The first-order valence-corrected chi connectivity index (χ1v) is 6.07. The number of hydrogen-bond acceptors (Lipinski definition) is 4. The molecule has 0 radical (unpaired) electrons. The zero-order chi connectivity index (χ0) is 13.1. The molecule has 0 amide bonds. The molecule has 0 saturated heterocycles. The van der Waals surface area contributed by atoms with Crippen LogP contribution in [0.4, 0.5) is 17.2 Å². The van der Waals surface area contributed by atoms with Crippen LogP contribution in [0.15, 0.2) is 34.9 Å². The summed E-state index contributed by atoms with van der Waals surface area (Å²) in [5.41, 5.74) is 8.48. The van der Waals surface area contributed by atoms with Gasteiger partial charge in [-0.05, 0) is 36.8 Å². The van der Waals surface area contributed by atoms with E-state index in [0.29, 0.717) is 17.1 Å². The van der Waals surface area contributed by atoms with Gasteiger partial charge in [0.25, 0.3) is 0 Å². The normalized spacial score (nSPS) is 9.83. The molecule has 1 aromatic carbocycles. The lowest BCUT2D eigenvalue weighted by atomic mass is 10.2. The van der Waals surface area contributed by atoms with E-state index in [2.05, 4.69) is 32.3 Å². The van der Waals surface area contributed by atoms with Crippen LogP contribution in [0.2, 0.25) is 0 Å². The Bertz CT molecular complexity index is 611. The Balaban J connectivity index is 2.37. The summed E-state index contributed by atoms with van der Waals surface area (Å²) < 4.78 is 0.971. The minimum atomic E-state index is 0.424. The highest BCUT2D eigenvalue weighted by molar-refractivity contribution is 9.10. The van der Waals surface area contributed by atoms with E-state index in [4.69, 9.17) is 11.0 Å². The average Bonchev–Trinajstić information content (AvgIpc) is 2.30. The third kappa shape index (κ3) is 2.79. The molecule has 0 atom stereocenters. The molecular formula is C13H11BrN4. The molecule has 90 valence electrons. The summed E-state index contributed by atoms with van der Waals surface area (Å²) in [6.07, 6.45) is 1.52. The number of benzene rings is 1. The SMILES string of the molecule is Cc1cc(Br)cc(Nc2ncc(N)cc2C#N)c1. The number of nitrogens with one attached hydrogen (secondary N) is 1. The van der Waals surface area contributed by atoms with Crippen LogP contribution in [0, 0.1) is 18.3 Å². The first kappa shape index (κ1) is 12.4. The predicted molar refractivity (Wildman–Crippen MR) is 75.5 cm³/mol. The maximum atomic E-state index is 9.04. The van der Waals surface area contributed by atoms with Crippen LogP contribution >= 0.6 is 15.9 Å². The van der Waals surface area contributed by atoms with Crippen molar-refractivity contribution in [3.63, 3.8) is 0 Å². The smallest absolute Gasteiger partial charge is 0.148 e. The second kappa shape index (κ2) is 5.07. The lowest BCUT2D eigenvalue weighted by Gasteiger charge is -2.09. The van der Waals surface area contributed by atoms with Gasteiger partial charge in [0.15, 0.2) is 0 Å². The van der Waals surface area contributed by atoms with Crippen LogP contribution in [0.1, 0.15) is 11.1 Å². The van der Waals surface area contributed by atoms with Crippen LogP contribution in [0.5, 0.6) is 0 Å². The fourth-order valence-electron chi connectivity index (χ4n) is 1.61. The molecule has 4 nitrogen and oxygen atoms in total. The standard InChI is InChI=1S/C13H11BrN4/c1-8-2-10(14)5-12(3-8)18-13-9(6-15)4-11(16)7-17-13/h2-5,7H,16H2,1H3,(H,17,18). The van der Waals surface area contributed by atoms with Crippen molar-refractivity contribution >= 4 is 33.1 Å². The largest absolute Gasteiger partial charge is 0.397 e.